The van der Waals surface area contributed by atoms with E-state index in [2.05, 4.69) is 0 Å². The highest BCUT2D eigenvalue weighted by molar-refractivity contribution is 6.31. The largest absolute Gasteiger partial charge is 0.497 e. The number of rotatable bonds is 2. The van der Waals surface area contributed by atoms with Crippen LogP contribution in [0.1, 0.15) is 0 Å². The Kier molecular flexibility index (Phi) is 3.02. The van der Waals surface area contributed by atoms with Crippen molar-refractivity contribution in [1.82, 2.24) is 0 Å². The van der Waals surface area contributed by atoms with Crippen LogP contribution in [0.3, 0.4) is 0 Å². The molecule has 2 aromatic rings. The number of ether oxygens (including phenoxy) is 1. The van der Waals surface area contributed by atoms with Gasteiger partial charge < -0.3 is 10.5 Å². The van der Waals surface area contributed by atoms with Crippen LogP contribution in [0, 0.1) is 0 Å². The summed E-state index contributed by atoms with van der Waals surface area (Å²) in [6.45, 7) is 0. The van der Waals surface area contributed by atoms with Crippen LogP contribution in [0.2, 0.25) is 5.02 Å². The third-order valence-electron chi connectivity index (χ3n) is 2.32. The summed E-state index contributed by atoms with van der Waals surface area (Å²) < 4.78 is 5.17. The zero-order chi connectivity index (χ0) is 11.5. The molecule has 0 aromatic heterocycles. The van der Waals surface area contributed by atoms with E-state index in [1.165, 1.54) is 0 Å². The lowest BCUT2D eigenvalue weighted by Gasteiger charge is -2.06. The molecule has 82 valence electrons. The fourth-order valence-corrected chi connectivity index (χ4v) is 1.83. The molecule has 0 aliphatic heterocycles. The second kappa shape index (κ2) is 4.45. The number of methoxy groups -OCH3 is 1. The van der Waals surface area contributed by atoms with Crippen LogP contribution in [-0.2, 0) is 0 Å². The highest BCUT2D eigenvalue weighted by atomic mass is 35.5. The van der Waals surface area contributed by atoms with Crippen LogP contribution in [-0.4, -0.2) is 7.11 Å². The van der Waals surface area contributed by atoms with Crippen molar-refractivity contribution in [2.45, 2.75) is 0 Å². The van der Waals surface area contributed by atoms with Gasteiger partial charge in [0.1, 0.15) is 5.75 Å². The molecule has 0 fully saturated rings. The van der Waals surface area contributed by atoms with Crippen molar-refractivity contribution in [3.05, 3.63) is 47.5 Å². The Balaban J connectivity index is 2.49. The first-order valence-corrected chi connectivity index (χ1v) is 5.27. The number of halogens is 1. The summed E-state index contributed by atoms with van der Waals surface area (Å²) in [4.78, 5) is 0. The molecule has 2 N–H and O–H groups in total. The molecule has 3 heteroatoms. The SMILES string of the molecule is COc1cccc(-c2cc(N)cc(Cl)c2)c1. The maximum absolute atomic E-state index is 5.96. The molecule has 0 saturated heterocycles. The average Bonchev–Trinajstić information content (AvgIpc) is 2.28. The van der Waals surface area contributed by atoms with Crippen molar-refractivity contribution < 1.29 is 4.74 Å². The summed E-state index contributed by atoms with van der Waals surface area (Å²) in [5.74, 6) is 0.816. The van der Waals surface area contributed by atoms with Gasteiger partial charge in [-0.25, -0.2) is 0 Å². The summed E-state index contributed by atoms with van der Waals surface area (Å²) in [6, 6.07) is 13.3. The summed E-state index contributed by atoms with van der Waals surface area (Å²) >= 11 is 5.96. The molecular formula is C13H12ClNO. The Bertz CT molecular complexity index is 491. The molecule has 2 rings (SSSR count). The molecule has 0 amide bonds. The van der Waals surface area contributed by atoms with E-state index >= 15 is 0 Å². The topological polar surface area (TPSA) is 35.2 Å². The molecule has 0 aliphatic rings. The standard InChI is InChI=1S/C13H12ClNO/c1-16-13-4-2-3-9(7-13)10-5-11(14)8-12(15)6-10/h2-8H,15H2,1H3. The molecular weight excluding hydrogens is 222 g/mol. The van der Waals surface area contributed by atoms with Gasteiger partial charge in [0.2, 0.25) is 0 Å². The lowest BCUT2D eigenvalue weighted by molar-refractivity contribution is 0.415. The minimum Gasteiger partial charge on any atom is -0.497 e. The van der Waals surface area contributed by atoms with Gasteiger partial charge in [0, 0.05) is 10.7 Å². The second-order valence-electron chi connectivity index (χ2n) is 3.51. The van der Waals surface area contributed by atoms with Gasteiger partial charge >= 0.3 is 0 Å². The number of anilines is 1. The third-order valence-corrected chi connectivity index (χ3v) is 2.54. The molecule has 2 nitrogen and oxygen atoms in total. The minimum atomic E-state index is 0.637. The molecule has 0 saturated carbocycles. The number of benzene rings is 2. The maximum Gasteiger partial charge on any atom is 0.119 e. The second-order valence-corrected chi connectivity index (χ2v) is 3.94. The maximum atomic E-state index is 5.96. The van der Waals surface area contributed by atoms with Crippen molar-refractivity contribution in [2.75, 3.05) is 12.8 Å². The van der Waals surface area contributed by atoms with Gasteiger partial charge in [0.15, 0.2) is 0 Å². The zero-order valence-corrected chi connectivity index (χ0v) is 9.66. The number of hydrogen-bond donors (Lipinski definition) is 1. The Morgan fingerprint density at radius 1 is 1.06 bits per heavy atom. The van der Waals surface area contributed by atoms with E-state index in [0.29, 0.717) is 10.7 Å². The summed E-state index contributed by atoms with van der Waals surface area (Å²) in [7, 11) is 1.64. The Labute approximate surface area is 99.6 Å². The smallest absolute Gasteiger partial charge is 0.119 e. The predicted molar refractivity (Wildman–Crippen MR) is 67.9 cm³/mol. The van der Waals surface area contributed by atoms with Crippen LogP contribution in [0.5, 0.6) is 5.75 Å². The summed E-state index contributed by atoms with van der Waals surface area (Å²) in [5, 5.41) is 0.637. The van der Waals surface area contributed by atoms with Crippen molar-refractivity contribution in [3.8, 4) is 16.9 Å². The zero-order valence-electron chi connectivity index (χ0n) is 8.91. The third kappa shape index (κ3) is 2.28. The van der Waals surface area contributed by atoms with Crippen LogP contribution in [0.15, 0.2) is 42.5 Å². The fraction of sp³-hybridized carbons (Fsp3) is 0.0769. The predicted octanol–water partition coefficient (Wildman–Crippen LogP) is 3.60. The van der Waals surface area contributed by atoms with Gasteiger partial charge in [0.25, 0.3) is 0 Å². The van der Waals surface area contributed by atoms with Gasteiger partial charge in [-0.05, 0) is 41.5 Å². The number of nitrogen functional groups attached to an aromatic ring is 1. The first-order chi connectivity index (χ1) is 7.69. The van der Waals surface area contributed by atoms with E-state index < -0.39 is 0 Å². The number of nitrogens with two attached hydrogens (primary N) is 1. The molecule has 16 heavy (non-hydrogen) atoms. The van der Waals surface area contributed by atoms with Gasteiger partial charge in [-0.2, -0.15) is 0 Å². The molecule has 0 atom stereocenters. The van der Waals surface area contributed by atoms with E-state index in [4.69, 9.17) is 22.1 Å². The molecule has 0 radical (unpaired) electrons. The number of hydrogen-bond acceptors (Lipinski definition) is 2. The van der Waals surface area contributed by atoms with E-state index in [1.54, 1.807) is 13.2 Å². The first kappa shape index (κ1) is 10.8. The Morgan fingerprint density at radius 3 is 2.56 bits per heavy atom. The molecule has 0 bridgehead atoms. The van der Waals surface area contributed by atoms with Crippen LogP contribution in [0.4, 0.5) is 5.69 Å². The molecule has 0 spiro atoms. The molecule has 0 unspecified atom stereocenters. The van der Waals surface area contributed by atoms with E-state index in [1.807, 2.05) is 36.4 Å². The van der Waals surface area contributed by atoms with E-state index in [-0.39, 0.29) is 0 Å². The van der Waals surface area contributed by atoms with E-state index in [0.717, 1.165) is 16.9 Å². The van der Waals surface area contributed by atoms with Crippen molar-refractivity contribution in [3.63, 3.8) is 0 Å². The van der Waals surface area contributed by atoms with Crippen LogP contribution in [0.25, 0.3) is 11.1 Å². The fourth-order valence-electron chi connectivity index (χ4n) is 1.58. The average molecular weight is 234 g/mol. The Morgan fingerprint density at radius 2 is 1.88 bits per heavy atom. The van der Waals surface area contributed by atoms with Gasteiger partial charge in [0.05, 0.1) is 7.11 Å². The van der Waals surface area contributed by atoms with Crippen LogP contribution < -0.4 is 10.5 Å². The van der Waals surface area contributed by atoms with Gasteiger partial charge in [-0.1, -0.05) is 23.7 Å². The van der Waals surface area contributed by atoms with Gasteiger partial charge in [-0.15, -0.1) is 0 Å². The van der Waals surface area contributed by atoms with Gasteiger partial charge in [-0.3, -0.25) is 0 Å². The lowest BCUT2D eigenvalue weighted by atomic mass is 10.1. The lowest BCUT2D eigenvalue weighted by Crippen LogP contribution is -1.87. The first-order valence-electron chi connectivity index (χ1n) is 4.89. The van der Waals surface area contributed by atoms with Crippen molar-refractivity contribution >= 4 is 17.3 Å². The Hall–Kier alpha value is -1.67. The summed E-state index contributed by atoms with van der Waals surface area (Å²) in [6.07, 6.45) is 0. The highest BCUT2D eigenvalue weighted by Crippen LogP contribution is 2.28. The monoisotopic (exact) mass is 233 g/mol. The quantitative estimate of drug-likeness (QED) is 0.805. The van der Waals surface area contributed by atoms with Crippen molar-refractivity contribution in [1.29, 1.82) is 0 Å². The molecule has 0 heterocycles. The minimum absolute atomic E-state index is 0.637. The van der Waals surface area contributed by atoms with Crippen molar-refractivity contribution in [2.24, 2.45) is 0 Å². The summed E-state index contributed by atoms with van der Waals surface area (Å²) in [5.41, 5.74) is 8.43. The normalized spacial score (nSPS) is 10.1. The van der Waals surface area contributed by atoms with E-state index in [9.17, 15) is 0 Å². The highest BCUT2D eigenvalue weighted by Gasteiger charge is 2.02. The molecule has 2 aromatic carbocycles. The van der Waals surface area contributed by atoms with Crippen LogP contribution >= 0.6 is 11.6 Å². The molecule has 0 aliphatic carbocycles.